The summed E-state index contributed by atoms with van der Waals surface area (Å²) in [7, 11) is 2.18. The van der Waals surface area contributed by atoms with Gasteiger partial charge in [-0.15, -0.1) is 0 Å². The molecule has 0 aliphatic carbocycles. The molecule has 1 aliphatic rings. The van der Waals surface area contributed by atoms with Crippen molar-refractivity contribution in [3.05, 3.63) is 36.2 Å². The van der Waals surface area contributed by atoms with Gasteiger partial charge in [0.15, 0.2) is 0 Å². The van der Waals surface area contributed by atoms with Crippen molar-refractivity contribution in [3.8, 4) is 5.75 Å². The molecule has 3 nitrogen and oxygen atoms in total. The molecule has 3 heteroatoms. The van der Waals surface area contributed by atoms with Crippen LogP contribution in [0.15, 0.2) is 30.6 Å². The molecule has 1 aromatic carbocycles. The number of piperidine rings is 1. The van der Waals surface area contributed by atoms with Gasteiger partial charge in [-0.2, -0.15) is 0 Å². The summed E-state index contributed by atoms with van der Waals surface area (Å²) in [4.78, 5) is 6.56. The van der Waals surface area contributed by atoms with Crippen LogP contribution >= 0.6 is 0 Å². The molecule has 0 spiro atoms. The zero-order chi connectivity index (χ0) is 13.9. The van der Waals surface area contributed by atoms with Crippen LogP contribution in [0, 0.1) is 0 Å². The SMILES string of the molecule is CCc1c(OC2CCN(C)CC2)ccc2cnccc12. The first-order valence-electron chi connectivity index (χ1n) is 7.48. The second-order valence-corrected chi connectivity index (χ2v) is 5.61. The minimum absolute atomic E-state index is 0.357. The third-order valence-corrected chi connectivity index (χ3v) is 4.20. The van der Waals surface area contributed by atoms with Gasteiger partial charge in [-0.1, -0.05) is 6.92 Å². The van der Waals surface area contributed by atoms with Crippen molar-refractivity contribution < 1.29 is 4.74 Å². The molecule has 1 aromatic heterocycles. The quantitative estimate of drug-likeness (QED) is 0.856. The van der Waals surface area contributed by atoms with Gasteiger partial charge < -0.3 is 9.64 Å². The van der Waals surface area contributed by atoms with Crippen molar-refractivity contribution in [2.75, 3.05) is 20.1 Å². The van der Waals surface area contributed by atoms with Crippen LogP contribution in [-0.4, -0.2) is 36.1 Å². The van der Waals surface area contributed by atoms with Crippen LogP contribution in [0.3, 0.4) is 0 Å². The summed E-state index contributed by atoms with van der Waals surface area (Å²) in [6.45, 7) is 4.45. The first-order chi connectivity index (χ1) is 9.78. The van der Waals surface area contributed by atoms with Gasteiger partial charge in [-0.25, -0.2) is 0 Å². The highest BCUT2D eigenvalue weighted by molar-refractivity contribution is 5.86. The lowest BCUT2D eigenvalue weighted by atomic mass is 10.0. The zero-order valence-electron chi connectivity index (χ0n) is 12.3. The maximum absolute atomic E-state index is 6.29. The van der Waals surface area contributed by atoms with E-state index in [0.29, 0.717) is 6.10 Å². The Morgan fingerprint density at radius 3 is 2.80 bits per heavy atom. The second kappa shape index (κ2) is 5.80. The number of hydrogen-bond acceptors (Lipinski definition) is 3. The van der Waals surface area contributed by atoms with Crippen molar-refractivity contribution in [1.82, 2.24) is 9.88 Å². The number of fused-ring (bicyclic) bond motifs is 1. The van der Waals surface area contributed by atoms with Crippen LogP contribution in [0.25, 0.3) is 10.8 Å². The highest BCUT2D eigenvalue weighted by atomic mass is 16.5. The van der Waals surface area contributed by atoms with Crippen molar-refractivity contribution >= 4 is 10.8 Å². The average Bonchev–Trinajstić information content (AvgIpc) is 2.49. The molecule has 0 radical (unpaired) electrons. The van der Waals surface area contributed by atoms with Gasteiger partial charge in [-0.3, -0.25) is 4.98 Å². The van der Waals surface area contributed by atoms with Crippen LogP contribution < -0.4 is 4.74 Å². The van der Waals surface area contributed by atoms with Gasteiger partial charge in [0.25, 0.3) is 0 Å². The molecule has 2 heterocycles. The minimum Gasteiger partial charge on any atom is -0.490 e. The van der Waals surface area contributed by atoms with Gasteiger partial charge in [0.1, 0.15) is 11.9 Å². The predicted molar refractivity (Wildman–Crippen MR) is 82.3 cm³/mol. The summed E-state index contributed by atoms with van der Waals surface area (Å²) in [5.74, 6) is 1.06. The number of aromatic nitrogens is 1. The summed E-state index contributed by atoms with van der Waals surface area (Å²) >= 11 is 0. The fourth-order valence-corrected chi connectivity index (χ4v) is 2.97. The third-order valence-electron chi connectivity index (χ3n) is 4.20. The van der Waals surface area contributed by atoms with E-state index in [1.165, 1.54) is 16.3 Å². The number of pyridine rings is 1. The zero-order valence-corrected chi connectivity index (χ0v) is 12.3. The van der Waals surface area contributed by atoms with E-state index in [4.69, 9.17) is 4.74 Å². The van der Waals surface area contributed by atoms with Crippen LogP contribution in [0.4, 0.5) is 0 Å². The van der Waals surface area contributed by atoms with E-state index >= 15 is 0 Å². The maximum atomic E-state index is 6.29. The van der Waals surface area contributed by atoms with Crippen LogP contribution in [0.1, 0.15) is 25.3 Å². The van der Waals surface area contributed by atoms with E-state index in [-0.39, 0.29) is 0 Å². The van der Waals surface area contributed by atoms with Gasteiger partial charge in [0.2, 0.25) is 0 Å². The number of benzene rings is 1. The van der Waals surface area contributed by atoms with Crippen molar-refractivity contribution in [3.63, 3.8) is 0 Å². The lowest BCUT2D eigenvalue weighted by molar-refractivity contribution is 0.113. The molecule has 20 heavy (non-hydrogen) atoms. The van der Waals surface area contributed by atoms with E-state index in [0.717, 1.165) is 38.1 Å². The van der Waals surface area contributed by atoms with E-state index in [2.05, 4.69) is 42.1 Å². The molecular weight excluding hydrogens is 248 g/mol. The van der Waals surface area contributed by atoms with E-state index in [1.54, 1.807) is 0 Å². The molecule has 0 amide bonds. The van der Waals surface area contributed by atoms with Crippen molar-refractivity contribution in [2.45, 2.75) is 32.3 Å². The molecule has 0 saturated carbocycles. The van der Waals surface area contributed by atoms with Crippen molar-refractivity contribution in [1.29, 1.82) is 0 Å². The molecule has 106 valence electrons. The largest absolute Gasteiger partial charge is 0.490 e. The molecule has 2 aromatic rings. The summed E-state index contributed by atoms with van der Waals surface area (Å²) < 4.78 is 6.29. The number of ether oxygens (including phenoxy) is 1. The Labute approximate surface area is 120 Å². The number of aryl methyl sites for hydroxylation is 1. The fourth-order valence-electron chi connectivity index (χ4n) is 2.97. The average molecular weight is 270 g/mol. The molecule has 0 unspecified atom stereocenters. The Hall–Kier alpha value is -1.61. The monoisotopic (exact) mass is 270 g/mol. The normalized spacial score (nSPS) is 17.5. The molecular formula is C17H22N2O. The van der Waals surface area contributed by atoms with Gasteiger partial charge in [0.05, 0.1) is 0 Å². The number of hydrogen-bond donors (Lipinski definition) is 0. The molecule has 0 bridgehead atoms. The number of rotatable bonds is 3. The van der Waals surface area contributed by atoms with Crippen molar-refractivity contribution in [2.24, 2.45) is 0 Å². The van der Waals surface area contributed by atoms with E-state index in [9.17, 15) is 0 Å². The first-order valence-corrected chi connectivity index (χ1v) is 7.48. The first kappa shape index (κ1) is 13.4. The highest BCUT2D eigenvalue weighted by Gasteiger charge is 2.19. The Morgan fingerprint density at radius 2 is 2.05 bits per heavy atom. The van der Waals surface area contributed by atoms with E-state index in [1.807, 2.05) is 12.4 Å². The van der Waals surface area contributed by atoms with E-state index < -0.39 is 0 Å². The van der Waals surface area contributed by atoms with Crippen LogP contribution in [-0.2, 0) is 6.42 Å². The highest BCUT2D eigenvalue weighted by Crippen LogP contribution is 2.30. The lowest BCUT2D eigenvalue weighted by Gasteiger charge is -2.30. The number of likely N-dealkylation sites (tertiary alicyclic amines) is 1. The Morgan fingerprint density at radius 1 is 1.25 bits per heavy atom. The molecule has 0 N–H and O–H groups in total. The van der Waals surface area contributed by atoms with Gasteiger partial charge in [0, 0.05) is 36.4 Å². The maximum Gasteiger partial charge on any atom is 0.123 e. The fraction of sp³-hybridized carbons (Fsp3) is 0.471. The molecule has 0 atom stereocenters. The standard InChI is InChI=1S/C17H22N2O/c1-3-15-16-6-9-18-12-13(16)4-5-17(15)20-14-7-10-19(2)11-8-14/h4-6,9,12,14H,3,7-8,10-11H2,1-2H3. The Bertz CT molecular complexity index is 589. The smallest absolute Gasteiger partial charge is 0.123 e. The minimum atomic E-state index is 0.357. The molecule has 1 aliphatic heterocycles. The molecule has 3 rings (SSSR count). The van der Waals surface area contributed by atoms with Gasteiger partial charge in [-0.05, 0) is 49.9 Å². The summed E-state index contributed by atoms with van der Waals surface area (Å²) in [5, 5.41) is 2.47. The molecule has 1 saturated heterocycles. The topological polar surface area (TPSA) is 25.4 Å². The Kier molecular flexibility index (Phi) is 3.88. The van der Waals surface area contributed by atoms with Crippen LogP contribution in [0.2, 0.25) is 0 Å². The summed E-state index contributed by atoms with van der Waals surface area (Å²) in [6.07, 6.45) is 7.37. The molecule has 1 fully saturated rings. The Balaban J connectivity index is 1.87. The summed E-state index contributed by atoms with van der Waals surface area (Å²) in [5.41, 5.74) is 1.31. The predicted octanol–water partition coefficient (Wildman–Crippen LogP) is 3.27. The summed E-state index contributed by atoms with van der Waals surface area (Å²) in [6, 6.07) is 6.32. The van der Waals surface area contributed by atoms with Crippen LogP contribution in [0.5, 0.6) is 5.75 Å². The second-order valence-electron chi connectivity index (χ2n) is 5.61. The third kappa shape index (κ3) is 2.63. The van der Waals surface area contributed by atoms with Gasteiger partial charge >= 0.3 is 0 Å². The number of nitrogens with zero attached hydrogens (tertiary/aromatic N) is 2. The lowest BCUT2D eigenvalue weighted by Crippen LogP contribution is -2.35.